The minimum Gasteiger partial charge on any atom is -0.468 e. The number of halogens is 3. The standard InChI is InChI=1S/C20H18F3NO3S/c21-20(22,23)16(17(25)14-9-5-2-6-10-14)18(26)24-15(12-27-19(24)28)11-13-7-3-1-4-8-13/h1-10,15-17,25H,11-12H2/t15?,16-,17-/m0/s1. The molecule has 4 nitrogen and oxygen atoms in total. The van der Waals surface area contributed by atoms with E-state index in [1.54, 1.807) is 18.2 Å². The molecule has 1 N–H and O–H groups in total. The van der Waals surface area contributed by atoms with Gasteiger partial charge in [0.25, 0.3) is 5.17 Å². The fourth-order valence-corrected chi connectivity index (χ4v) is 3.52. The molecule has 0 radical (unpaired) electrons. The molecule has 0 spiro atoms. The van der Waals surface area contributed by atoms with Crippen molar-refractivity contribution < 1.29 is 27.8 Å². The Kier molecular flexibility index (Phi) is 6.00. The quantitative estimate of drug-likeness (QED) is 0.766. The van der Waals surface area contributed by atoms with E-state index >= 15 is 0 Å². The topological polar surface area (TPSA) is 49.8 Å². The maximum atomic E-state index is 13.7. The Morgan fingerprint density at radius 3 is 2.29 bits per heavy atom. The van der Waals surface area contributed by atoms with Crippen LogP contribution in [0.2, 0.25) is 0 Å². The van der Waals surface area contributed by atoms with Gasteiger partial charge in [0, 0.05) is 0 Å². The largest absolute Gasteiger partial charge is 0.468 e. The molecule has 28 heavy (non-hydrogen) atoms. The number of aliphatic hydroxyl groups excluding tert-OH is 1. The molecule has 1 unspecified atom stereocenters. The monoisotopic (exact) mass is 409 g/mol. The van der Waals surface area contributed by atoms with Gasteiger partial charge in [-0.3, -0.25) is 9.69 Å². The van der Waals surface area contributed by atoms with Crippen molar-refractivity contribution in [3.63, 3.8) is 0 Å². The predicted molar refractivity (Wildman–Crippen MR) is 100 cm³/mol. The van der Waals surface area contributed by atoms with E-state index < -0.39 is 30.1 Å². The van der Waals surface area contributed by atoms with Crippen molar-refractivity contribution in [2.24, 2.45) is 5.92 Å². The van der Waals surface area contributed by atoms with Gasteiger partial charge in [0.05, 0.1) is 12.1 Å². The summed E-state index contributed by atoms with van der Waals surface area (Å²) in [5, 5.41) is 10.1. The maximum absolute atomic E-state index is 13.7. The smallest absolute Gasteiger partial charge is 0.403 e. The van der Waals surface area contributed by atoms with Crippen molar-refractivity contribution in [1.29, 1.82) is 0 Å². The maximum Gasteiger partial charge on any atom is 0.403 e. The van der Waals surface area contributed by atoms with Gasteiger partial charge in [-0.2, -0.15) is 13.2 Å². The molecule has 3 atom stereocenters. The molecule has 2 aromatic carbocycles. The molecule has 1 aliphatic heterocycles. The second-order valence-electron chi connectivity index (χ2n) is 6.50. The molecule has 1 saturated heterocycles. The van der Waals surface area contributed by atoms with Gasteiger partial charge in [-0.05, 0) is 29.8 Å². The van der Waals surface area contributed by atoms with Crippen molar-refractivity contribution in [2.45, 2.75) is 24.7 Å². The zero-order valence-corrected chi connectivity index (χ0v) is 15.5. The molecule has 8 heteroatoms. The lowest BCUT2D eigenvalue weighted by Gasteiger charge is -2.30. The second-order valence-corrected chi connectivity index (χ2v) is 6.85. The number of alkyl halides is 3. The lowest BCUT2D eigenvalue weighted by molar-refractivity contribution is -0.207. The van der Waals surface area contributed by atoms with Crippen molar-refractivity contribution in [2.75, 3.05) is 6.61 Å². The third kappa shape index (κ3) is 4.34. The first-order valence-electron chi connectivity index (χ1n) is 8.62. The first-order valence-corrected chi connectivity index (χ1v) is 9.03. The molecule has 0 saturated carbocycles. The summed E-state index contributed by atoms with van der Waals surface area (Å²) in [4.78, 5) is 13.8. The number of hydrogen-bond acceptors (Lipinski definition) is 4. The highest BCUT2D eigenvalue weighted by atomic mass is 32.1. The van der Waals surface area contributed by atoms with Crippen molar-refractivity contribution >= 4 is 23.3 Å². The Hall–Kier alpha value is -2.45. The van der Waals surface area contributed by atoms with Gasteiger partial charge >= 0.3 is 6.18 Å². The van der Waals surface area contributed by atoms with Crippen LogP contribution in [0.1, 0.15) is 17.2 Å². The van der Waals surface area contributed by atoms with Crippen LogP contribution in [0.3, 0.4) is 0 Å². The van der Waals surface area contributed by atoms with Crippen LogP contribution >= 0.6 is 12.2 Å². The average Bonchev–Trinajstić information content (AvgIpc) is 3.02. The molecule has 0 aliphatic carbocycles. The first kappa shape index (κ1) is 20.3. The van der Waals surface area contributed by atoms with E-state index in [2.05, 4.69) is 0 Å². The van der Waals surface area contributed by atoms with E-state index in [0.29, 0.717) is 6.42 Å². The molecule has 1 aliphatic rings. The molecule has 2 aromatic rings. The minimum absolute atomic E-state index is 0.00354. The van der Waals surface area contributed by atoms with Crippen molar-refractivity contribution in [3.05, 3.63) is 71.8 Å². The second kappa shape index (κ2) is 8.28. The Balaban J connectivity index is 1.89. The Morgan fingerprint density at radius 1 is 1.14 bits per heavy atom. The zero-order valence-electron chi connectivity index (χ0n) is 14.7. The Bertz CT molecular complexity index is 830. The van der Waals surface area contributed by atoms with Crippen LogP contribution in [-0.2, 0) is 16.0 Å². The molecule has 1 heterocycles. The highest BCUT2D eigenvalue weighted by molar-refractivity contribution is 7.80. The lowest BCUT2D eigenvalue weighted by atomic mass is 9.93. The number of rotatable bonds is 5. The Morgan fingerprint density at radius 2 is 1.71 bits per heavy atom. The molecule has 3 rings (SSSR count). The lowest BCUT2D eigenvalue weighted by Crippen LogP contribution is -2.49. The number of thiocarbonyl (C=S) groups is 1. The fourth-order valence-electron chi connectivity index (χ4n) is 3.21. The van der Waals surface area contributed by atoms with Crippen LogP contribution in [0.4, 0.5) is 13.2 Å². The van der Waals surface area contributed by atoms with Gasteiger partial charge < -0.3 is 9.84 Å². The highest BCUT2D eigenvalue weighted by Gasteiger charge is 2.54. The summed E-state index contributed by atoms with van der Waals surface area (Å²) in [7, 11) is 0. The van der Waals surface area contributed by atoms with E-state index in [9.17, 15) is 23.1 Å². The van der Waals surface area contributed by atoms with Crippen LogP contribution < -0.4 is 0 Å². The van der Waals surface area contributed by atoms with Crippen molar-refractivity contribution in [1.82, 2.24) is 4.90 Å². The molecule has 0 bridgehead atoms. The number of benzene rings is 2. The minimum atomic E-state index is -4.96. The van der Waals surface area contributed by atoms with Gasteiger partial charge in [0.15, 0.2) is 5.92 Å². The molecule has 0 aromatic heterocycles. The number of aliphatic hydroxyl groups is 1. The van der Waals surface area contributed by atoms with Gasteiger partial charge in [-0.1, -0.05) is 60.7 Å². The third-order valence-corrected chi connectivity index (χ3v) is 4.90. The van der Waals surface area contributed by atoms with E-state index in [1.807, 2.05) is 18.2 Å². The molecular formula is C20H18F3NO3S. The normalized spacial score (nSPS) is 19.2. The van der Waals surface area contributed by atoms with Crippen molar-refractivity contribution in [3.8, 4) is 0 Å². The SMILES string of the molecule is O=C([C@H]([C@@H](O)c1ccccc1)C(F)(F)F)N1C(=S)OCC1Cc1ccccc1. The number of nitrogens with zero attached hydrogens (tertiary/aromatic N) is 1. The summed E-state index contributed by atoms with van der Waals surface area (Å²) < 4.78 is 46.5. The zero-order chi connectivity index (χ0) is 20.3. The summed E-state index contributed by atoms with van der Waals surface area (Å²) in [5.74, 6) is -3.96. The van der Waals surface area contributed by atoms with E-state index in [0.717, 1.165) is 10.5 Å². The number of carbonyl (C=O) groups excluding carboxylic acids is 1. The fraction of sp³-hybridized carbons (Fsp3) is 0.300. The molecule has 148 valence electrons. The predicted octanol–water partition coefficient (Wildman–Crippen LogP) is 3.65. The highest BCUT2D eigenvalue weighted by Crippen LogP contribution is 2.38. The van der Waals surface area contributed by atoms with Crippen LogP contribution in [-0.4, -0.2) is 39.9 Å². The third-order valence-electron chi connectivity index (χ3n) is 4.59. The summed E-state index contributed by atoms with van der Waals surface area (Å²) in [6.45, 7) is 0.00543. The number of hydrogen-bond donors (Lipinski definition) is 1. The van der Waals surface area contributed by atoms with Gasteiger partial charge in [0.2, 0.25) is 5.91 Å². The van der Waals surface area contributed by atoms with E-state index in [1.165, 1.54) is 24.3 Å². The molecule has 1 amide bonds. The van der Waals surface area contributed by atoms with Gasteiger partial charge in [0.1, 0.15) is 6.61 Å². The number of ether oxygens (including phenoxy) is 1. The molecular weight excluding hydrogens is 391 g/mol. The first-order chi connectivity index (χ1) is 13.3. The van der Waals surface area contributed by atoms with Gasteiger partial charge in [-0.25, -0.2) is 0 Å². The van der Waals surface area contributed by atoms with Crippen LogP contribution in [0.5, 0.6) is 0 Å². The number of carbonyl (C=O) groups is 1. The van der Waals surface area contributed by atoms with E-state index in [4.69, 9.17) is 17.0 Å². The van der Waals surface area contributed by atoms with Gasteiger partial charge in [-0.15, -0.1) is 0 Å². The summed E-state index contributed by atoms with van der Waals surface area (Å²) in [5.41, 5.74) is 0.842. The molecule has 1 fully saturated rings. The number of amides is 1. The summed E-state index contributed by atoms with van der Waals surface area (Å²) in [6, 6.07) is 15.7. The van der Waals surface area contributed by atoms with Crippen LogP contribution in [0, 0.1) is 5.92 Å². The van der Waals surface area contributed by atoms with E-state index in [-0.39, 0.29) is 17.3 Å². The van der Waals surface area contributed by atoms with Crippen LogP contribution in [0.25, 0.3) is 0 Å². The average molecular weight is 409 g/mol. The summed E-state index contributed by atoms with van der Waals surface area (Å²) >= 11 is 4.99. The van der Waals surface area contributed by atoms with Crippen LogP contribution in [0.15, 0.2) is 60.7 Å². The Labute approximate surface area is 165 Å². The summed E-state index contributed by atoms with van der Waals surface area (Å²) in [6.07, 6.45) is -6.71.